The van der Waals surface area contributed by atoms with Crippen LogP contribution in [0.3, 0.4) is 0 Å². The monoisotopic (exact) mass is 218 g/mol. The number of nitrogens with one attached hydrogen (secondary N) is 2. The standard InChI is InChI=1S/C13H18N2O/c1-3-11(14-4-2)9-5-6-12-10(7-9)8-13(16)15-12/h5-7,11,14H,3-4,8H2,1-2H3,(H,15,16). The minimum absolute atomic E-state index is 0.101. The van der Waals surface area contributed by atoms with Gasteiger partial charge in [0.25, 0.3) is 0 Å². The first-order valence-electron chi connectivity index (χ1n) is 5.90. The van der Waals surface area contributed by atoms with E-state index in [2.05, 4.69) is 36.6 Å². The highest BCUT2D eigenvalue weighted by Crippen LogP contribution is 2.27. The third-order valence-corrected chi connectivity index (χ3v) is 3.02. The Morgan fingerprint density at radius 2 is 2.25 bits per heavy atom. The molecular weight excluding hydrogens is 200 g/mol. The van der Waals surface area contributed by atoms with Gasteiger partial charge >= 0.3 is 0 Å². The summed E-state index contributed by atoms with van der Waals surface area (Å²) in [6.45, 7) is 5.25. The molecule has 86 valence electrons. The second-order valence-corrected chi connectivity index (χ2v) is 4.16. The molecule has 1 aliphatic heterocycles. The molecule has 3 heteroatoms. The number of hydrogen-bond donors (Lipinski definition) is 2. The molecule has 2 N–H and O–H groups in total. The molecule has 0 radical (unpaired) electrons. The van der Waals surface area contributed by atoms with Crippen molar-refractivity contribution in [3.8, 4) is 0 Å². The molecule has 0 spiro atoms. The maximum absolute atomic E-state index is 11.2. The average Bonchev–Trinajstić information content (AvgIpc) is 2.64. The van der Waals surface area contributed by atoms with Gasteiger partial charge in [0.05, 0.1) is 6.42 Å². The van der Waals surface area contributed by atoms with Crippen molar-refractivity contribution in [2.24, 2.45) is 0 Å². The molecule has 1 unspecified atom stereocenters. The van der Waals surface area contributed by atoms with Crippen LogP contribution in [0.4, 0.5) is 5.69 Å². The molecule has 3 nitrogen and oxygen atoms in total. The van der Waals surface area contributed by atoms with E-state index in [1.54, 1.807) is 0 Å². The Balaban J connectivity index is 2.24. The van der Waals surface area contributed by atoms with E-state index in [1.165, 1.54) is 5.56 Å². The molecular formula is C13H18N2O. The zero-order valence-corrected chi connectivity index (χ0v) is 9.84. The van der Waals surface area contributed by atoms with E-state index in [4.69, 9.17) is 0 Å². The van der Waals surface area contributed by atoms with Crippen molar-refractivity contribution >= 4 is 11.6 Å². The largest absolute Gasteiger partial charge is 0.326 e. The van der Waals surface area contributed by atoms with Crippen LogP contribution >= 0.6 is 0 Å². The van der Waals surface area contributed by atoms with E-state index in [9.17, 15) is 4.79 Å². The van der Waals surface area contributed by atoms with Crippen molar-refractivity contribution in [1.29, 1.82) is 0 Å². The van der Waals surface area contributed by atoms with Crippen LogP contribution in [-0.4, -0.2) is 12.5 Å². The third kappa shape index (κ3) is 2.09. The quantitative estimate of drug-likeness (QED) is 0.813. The summed E-state index contributed by atoms with van der Waals surface area (Å²) in [6, 6.07) is 6.65. The number of anilines is 1. The molecule has 1 amide bonds. The molecule has 1 atom stereocenters. The summed E-state index contributed by atoms with van der Waals surface area (Å²) in [5.74, 6) is 0.101. The van der Waals surface area contributed by atoms with E-state index < -0.39 is 0 Å². The SMILES string of the molecule is CCNC(CC)c1ccc2c(c1)CC(=O)N2. The number of carbonyl (C=O) groups is 1. The molecule has 0 aromatic heterocycles. The highest BCUT2D eigenvalue weighted by atomic mass is 16.1. The van der Waals surface area contributed by atoms with Crippen LogP contribution in [0.1, 0.15) is 37.4 Å². The average molecular weight is 218 g/mol. The van der Waals surface area contributed by atoms with Crippen LogP contribution in [-0.2, 0) is 11.2 Å². The summed E-state index contributed by atoms with van der Waals surface area (Å²) in [7, 11) is 0. The predicted octanol–water partition coefficient (Wildman–Crippen LogP) is 2.24. The van der Waals surface area contributed by atoms with Crippen molar-refractivity contribution in [2.75, 3.05) is 11.9 Å². The lowest BCUT2D eigenvalue weighted by Crippen LogP contribution is -2.20. The lowest BCUT2D eigenvalue weighted by molar-refractivity contribution is -0.115. The Morgan fingerprint density at radius 1 is 1.44 bits per heavy atom. The van der Waals surface area contributed by atoms with E-state index in [0.717, 1.165) is 24.2 Å². The van der Waals surface area contributed by atoms with Gasteiger partial charge in [-0.15, -0.1) is 0 Å². The predicted molar refractivity (Wildman–Crippen MR) is 65.5 cm³/mol. The molecule has 0 fully saturated rings. The number of hydrogen-bond acceptors (Lipinski definition) is 2. The Kier molecular flexibility index (Phi) is 3.25. The maximum Gasteiger partial charge on any atom is 0.228 e. The van der Waals surface area contributed by atoms with Crippen molar-refractivity contribution in [3.05, 3.63) is 29.3 Å². The van der Waals surface area contributed by atoms with Gasteiger partial charge in [-0.25, -0.2) is 0 Å². The zero-order valence-electron chi connectivity index (χ0n) is 9.84. The van der Waals surface area contributed by atoms with Crippen LogP contribution in [0.15, 0.2) is 18.2 Å². The van der Waals surface area contributed by atoms with Crippen LogP contribution in [0.5, 0.6) is 0 Å². The molecule has 16 heavy (non-hydrogen) atoms. The number of benzene rings is 1. The molecule has 1 aromatic carbocycles. The number of fused-ring (bicyclic) bond motifs is 1. The van der Waals surface area contributed by atoms with Gasteiger partial charge in [-0.3, -0.25) is 4.79 Å². The molecule has 0 bridgehead atoms. The fourth-order valence-corrected chi connectivity index (χ4v) is 2.21. The molecule has 0 aliphatic carbocycles. The molecule has 0 saturated carbocycles. The molecule has 1 heterocycles. The van der Waals surface area contributed by atoms with Gasteiger partial charge in [0.15, 0.2) is 0 Å². The lowest BCUT2D eigenvalue weighted by atomic mass is 10.0. The number of carbonyl (C=O) groups excluding carboxylic acids is 1. The van der Waals surface area contributed by atoms with Crippen molar-refractivity contribution in [2.45, 2.75) is 32.7 Å². The summed E-state index contributed by atoms with van der Waals surface area (Å²) in [5.41, 5.74) is 3.37. The maximum atomic E-state index is 11.2. The number of rotatable bonds is 4. The van der Waals surface area contributed by atoms with Gasteiger partial charge < -0.3 is 10.6 Å². The van der Waals surface area contributed by atoms with Crippen LogP contribution < -0.4 is 10.6 Å². The topological polar surface area (TPSA) is 41.1 Å². The summed E-state index contributed by atoms with van der Waals surface area (Å²) >= 11 is 0. The summed E-state index contributed by atoms with van der Waals surface area (Å²) in [4.78, 5) is 11.2. The van der Waals surface area contributed by atoms with E-state index >= 15 is 0 Å². The Labute approximate surface area is 96.2 Å². The van der Waals surface area contributed by atoms with E-state index in [0.29, 0.717) is 12.5 Å². The minimum Gasteiger partial charge on any atom is -0.326 e. The molecule has 1 aliphatic rings. The molecule has 2 rings (SSSR count). The van der Waals surface area contributed by atoms with Crippen LogP contribution in [0.25, 0.3) is 0 Å². The van der Waals surface area contributed by atoms with Gasteiger partial charge in [-0.05, 0) is 30.2 Å². The van der Waals surface area contributed by atoms with Gasteiger partial charge in [-0.1, -0.05) is 26.0 Å². The van der Waals surface area contributed by atoms with Gasteiger partial charge in [0.2, 0.25) is 5.91 Å². The highest BCUT2D eigenvalue weighted by molar-refractivity contribution is 5.99. The normalized spacial score (nSPS) is 15.8. The lowest BCUT2D eigenvalue weighted by Gasteiger charge is -2.17. The van der Waals surface area contributed by atoms with E-state index in [1.807, 2.05) is 6.07 Å². The Hall–Kier alpha value is -1.35. The van der Waals surface area contributed by atoms with Gasteiger partial charge in [0.1, 0.15) is 0 Å². The van der Waals surface area contributed by atoms with Crippen LogP contribution in [0.2, 0.25) is 0 Å². The first-order valence-corrected chi connectivity index (χ1v) is 5.90. The second-order valence-electron chi connectivity index (χ2n) is 4.16. The second kappa shape index (κ2) is 4.66. The summed E-state index contributed by atoms with van der Waals surface area (Å²) in [6.07, 6.45) is 1.58. The van der Waals surface area contributed by atoms with Crippen molar-refractivity contribution in [1.82, 2.24) is 5.32 Å². The minimum atomic E-state index is 0.101. The first kappa shape index (κ1) is 11.1. The zero-order chi connectivity index (χ0) is 11.5. The van der Waals surface area contributed by atoms with E-state index in [-0.39, 0.29) is 5.91 Å². The Bertz CT molecular complexity index is 401. The smallest absolute Gasteiger partial charge is 0.228 e. The molecule has 0 saturated heterocycles. The summed E-state index contributed by atoms with van der Waals surface area (Å²) in [5, 5.41) is 6.30. The molecule has 1 aromatic rings. The van der Waals surface area contributed by atoms with Gasteiger partial charge in [0, 0.05) is 11.7 Å². The van der Waals surface area contributed by atoms with Gasteiger partial charge in [-0.2, -0.15) is 0 Å². The first-order chi connectivity index (χ1) is 7.74. The fraction of sp³-hybridized carbons (Fsp3) is 0.462. The highest BCUT2D eigenvalue weighted by Gasteiger charge is 2.19. The van der Waals surface area contributed by atoms with Crippen molar-refractivity contribution < 1.29 is 4.79 Å². The van der Waals surface area contributed by atoms with Crippen molar-refractivity contribution in [3.63, 3.8) is 0 Å². The fourth-order valence-electron chi connectivity index (χ4n) is 2.21. The Morgan fingerprint density at radius 3 is 2.94 bits per heavy atom. The number of amides is 1. The third-order valence-electron chi connectivity index (χ3n) is 3.02. The summed E-state index contributed by atoms with van der Waals surface area (Å²) < 4.78 is 0. The van der Waals surface area contributed by atoms with Crippen LogP contribution in [0, 0.1) is 0 Å².